The maximum absolute atomic E-state index is 13.2. The van der Waals surface area contributed by atoms with Gasteiger partial charge in [0, 0.05) is 0 Å². The van der Waals surface area contributed by atoms with Crippen molar-refractivity contribution in [1.82, 2.24) is 16.0 Å². The summed E-state index contributed by atoms with van der Waals surface area (Å²) in [5, 5.41) is 26.8. The normalized spacial score (nSPS) is 14.5. The standard InChI is InChI=1S/C26H43N5O6/c1-15(2)13-21(30-23(33)19(28)14-17-8-10-18(32)11-9-17)25(35)29-20(7-5-6-12-27)24(34)31-22(16(3)4)26(36)37/h8-11,15-16,19-22,32H,5-7,12-14,27-28H2,1-4H3,(H,29,35)(H,30,33)(H,31,34)(H,36,37). The van der Waals surface area contributed by atoms with E-state index in [0.29, 0.717) is 25.8 Å². The molecular formula is C26H43N5O6. The highest BCUT2D eigenvalue weighted by atomic mass is 16.4. The van der Waals surface area contributed by atoms with Crippen molar-refractivity contribution in [3.63, 3.8) is 0 Å². The van der Waals surface area contributed by atoms with Gasteiger partial charge >= 0.3 is 5.97 Å². The molecule has 0 aliphatic carbocycles. The monoisotopic (exact) mass is 521 g/mol. The molecule has 0 saturated carbocycles. The van der Waals surface area contributed by atoms with E-state index >= 15 is 0 Å². The van der Waals surface area contributed by atoms with E-state index in [1.165, 1.54) is 12.1 Å². The van der Waals surface area contributed by atoms with E-state index in [-0.39, 0.29) is 30.4 Å². The molecule has 11 nitrogen and oxygen atoms in total. The number of carbonyl (C=O) groups is 4. The van der Waals surface area contributed by atoms with Crippen LogP contribution in [0.2, 0.25) is 0 Å². The zero-order valence-corrected chi connectivity index (χ0v) is 22.2. The number of rotatable bonds is 16. The van der Waals surface area contributed by atoms with E-state index in [0.717, 1.165) is 5.56 Å². The number of carboxylic acids is 1. The van der Waals surface area contributed by atoms with E-state index in [1.807, 2.05) is 13.8 Å². The van der Waals surface area contributed by atoms with Crippen molar-refractivity contribution in [1.29, 1.82) is 0 Å². The zero-order chi connectivity index (χ0) is 28.1. The Hall–Kier alpha value is -3.18. The van der Waals surface area contributed by atoms with Gasteiger partial charge in [0.05, 0.1) is 6.04 Å². The molecule has 0 radical (unpaired) electrons. The Morgan fingerprint density at radius 2 is 1.43 bits per heavy atom. The van der Waals surface area contributed by atoms with Crippen LogP contribution < -0.4 is 27.4 Å². The lowest BCUT2D eigenvalue weighted by Gasteiger charge is -2.26. The second-order valence-electron chi connectivity index (χ2n) is 10.1. The Morgan fingerprint density at radius 1 is 0.865 bits per heavy atom. The fourth-order valence-corrected chi connectivity index (χ4v) is 3.76. The van der Waals surface area contributed by atoms with Gasteiger partial charge in [-0.3, -0.25) is 14.4 Å². The molecule has 11 heteroatoms. The number of aliphatic carboxylic acids is 1. The fraction of sp³-hybridized carbons (Fsp3) is 0.615. The summed E-state index contributed by atoms with van der Waals surface area (Å²) in [5.74, 6) is -3.06. The van der Waals surface area contributed by atoms with Gasteiger partial charge in [-0.15, -0.1) is 0 Å². The zero-order valence-electron chi connectivity index (χ0n) is 22.2. The van der Waals surface area contributed by atoms with Crippen molar-refractivity contribution in [2.45, 2.75) is 84.0 Å². The molecule has 208 valence electrons. The number of benzene rings is 1. The van der Waals surface area contributed by atoms with Crippen LogP contribution in [0.4, 0.5) is 0 Å². The van der Waals surface area contributed by atoms with Gasteiger partial charge in [-0.05, 0) is 68.2 Å². The molecule has 3 amide bonds. The summed E-state index contributed by atoms with van der Waals surface area (Å²) >= 11 is 0. The first-order chi connectivity index (χ1) is 17.3. The predicted octanol–water partition coefficient (Wildman–Crippen LogP) is 0.632. The molecule has 0 aliphatic rings. The molecule has 9 N–H and O–H groups in total. The van der Waals surface area contributed by atoms with Crippen molar-refractivity contribution < 1.29 is 29.4 Å². The molecule has 0 aromatic heterocycles. The minimum atomic E-state index is -1.16. The van der Waals surface area contributed by atoms with Crippen LogP contribution in [0.1, 0.15) is 58.9 Å². The molecule has 1 aromatic carbocycles. The Labute approximate surface area is 218 Å². The quantitative estimate of drug-likeness (QED) is 0.154. The maximum Gasteiger partial charge on any atom is 0.326 e. The van der Waals surface area contributed by atoms with Crippen LogP contribution in [0.25, 0.3) is 0 Å². The highest BCUT2D eigenvalue weighted by Gasteiger charge is 2.31. The average Bonchev–Trinajstić information content (AvgIpc) is 2.81. The summed E-state index contributed by atoms with van der Waals surface area (Å²) in [6, 6.07) is 2.35. The maximum atomic E-state index is 13.2. The third kappa shape index (κ3) is 11.6. The predicted molar refractivity (Wildman–Crippen MR) is 140 cm³/mol. The lowest BCUT2D eigenvalue weighted by atomic mass is 10.00. The molecule has 37 heavy (non-hydrogen) atoms. The number of hydrogen-bond donors (Lipinski definition) is 7. The van der Waals surface area contributed by atoms with Crippen LogP contribution in [-0.2, 0) is 25.6 Å². The Balaban J connectivity index is 2.97. The van der Waals surface area contributed by atoms with Crippen LogP contribution in [-0.4, -0.2) is 64.6 Å². The van der Waals surface area contributed by atoms with Gasteiger partial charge in [-0.2, -0.15) is 0 Å². The SMILES string of the molecule is CC(C)CC(NC(=O)C(N)Cc1ccc(O)cc1)C(=O)NC(CCCCN)C(=O)NC(C(=O)O)C(C)C. The summed E-state index contributed by atoms with van der Waals surface area (Å²) < 4.78 is 0. The Bertz CT molecular complexity index is 890. The number of phenolic OH excluding ortho intramolecular Hbond substituents is 1. The average molecular weight is 522 g/mol. The lowest BCUT2D eigenvalue weighted by Crippen LogP contribution is -2.58. The number of phenols is 1. The molecule has 0 saturated heterocycles. The molecule has 1 rings (SSSR count). The van der Waals surface area contributed by atoms with E-state index in [2.05, 4.69) is 16.0 Å². The van der Waals surface area contributed by atoms with Crippen molar-refractivity contribution in [2.24, 2.45) is 23.3 Å². The first-order valence-corrected chi connectivity index (χ1v) is 12.7. The van der Waals surface area contributed by atoms with Crippen LogP contribution in [0, 0.1) is 11.8 Å². The Kier molecular flexibility index (Phi) is 13.6. The Morgan fingerprint density at radius 3 is 1.95 bits per heavy atom. The third-order valence-electron chi connectivity index (χ3n) is 5.88. The largest absolute Gasteiger partial charge is 0.508 e. The second kappa shape index (κ2) is 15.8. The number of nitrogens with one attached hydrogen (secondary N) is 3. The number of amides is 3. The molecule has 4 unspecified atom stereocenters. The number of unbranched alkanes of at least 4 members (excludes halogenated alkanes) is 1. The van der Waals surface area contributed by atoms with Crippen LogP contribution >= 0.6 is 0 Å². The fourth-order valence-electron chi connectivity index (χ4n) is 3.76. The first-order valence-electron chi connectivity index (χ1n) is 12.7. The second-order valence-corrected chi connectivity index (χ2v) is 10.1. The summed E-state index contributed by atoms with van der Waals surface area (Å²) in [7, 11) is 0. The van der Waals surface area contributed by atoms with Gasteiger partial charge in [-0.25, -0.2) is 4.79 Å². The number of carbonyl (C=O) groups excluding carboxylic acids is 3. The molecule has 0 heterocycles. The molecule has 0 bridgehead atoms. The van der Waals surface area contributed by atoms with Gasteiger partial charge in [0.15, 0.2) is 0 Å². The van der Waals surface area contributed by atoms with Crippen molar-refractivity contribution in [2.75, 3.05) is 6.54 Å². The van der Waals surface area contributed by atoms with Crippen LogP contribution in [0.5, 0.6) is 5.75 Å². The first kappa shape index (κ1) is 31.8. The van der Waals surface area contributed by atoms with E-state index in [4.69, 9.17) is 11.5 Å². The number of aromatic hydroxyl groups is 1. The number of carboxylic acid groups (broad SMARTS) is 1. The third-order valence-corrected chi connectivity index (χ3v) is 5.88. The molecule has 0 spiro atoms. The van der Waals surface area contributed by atoms with E-state index < -0.39 is 47.9 Å². The van der Waals surface area contributed by atoms with Gasteiger partial charge in [0.2, 0.25) is 17.7 Å². The molecule has 0 aliphatic heterocycles. The highest BCUT2D eigenvalue weighted by molar-refractivity contribution is 5.94. The summed E-state index contributed by atoms with van der Waals surface area (Å²) in [5.41, 5.74) is 12.4. The van der Waals surface area contributed by atoms with E-state index in [9.17, 15) is 29.4 Å². The summed E-state index contributed by atoms with van der Waals surface area (Å²) in [4.78, 5) is 50.5. The summed E-state index contributed by atoms with van der Waals surface area (Å²) in [6.07, 6.45) is 1.96. The van der Waals surface area contributed by atoms with Crippen molar-refractivity contribution >= 4 is 23.7 Å². The van der Waals surface area contributed by atoms with Crippen molar-refractivity contribution in [3.8, 4) is 5.75 Å². The van der Waals surface area contributed by atoms with E-state index in [1.54, 1.807) is 26.0 Å². The molecular weight excluding hydrogens is 478 g/mol. The van der Waals surface area contributed by atoms with Crippen molar-refractivity contribution in [3.05, 3.63) is 29.8 Å². The summed E-state index contributed by atoms with van der Waals surface area (Å²) in [6.45, 7) is 7.56. The van der Waals surface area contributed by atoms with Gasteiger partial charge in [-0.1, -0.05) is 39.8 Å². The van der Waals surface area contributed by atoms with Gasteiger partial charge in [0.1, 0.15) is 23.9 Å². The van der Waals surface area contributed by atoms with Gasteiger partial charge in [0.25, 0.3) is 0 Å². The highest BCUT2D eigenvalue weighted by Crippen LogP contribution is 2.12. The minimum absolute atomic E-state index is 0.0474. The topological polar surface area (TPSA) is 197 Å². The van der Waals surface area contributed by atoms with Crippen LogP contribution in [0.3, 0.4) is 0 Å². The van der Waals surface area contributed by atoms with Crippen LogP contribution in [0.15, 0.2) is 24.3 Å². The molecule has 1 aromatic rings. The molecule has 4 atom stereocenters. The van der Waals surface area contributed by atoms with Gasteiger partial charge < -0.3 is 37.6 Å². The number of nitrogens with two attached hydrogens (primary N) is 2. The smallest absolute Gasteiger partial charge is 0.326 e. The lowest BCUT2D eigenvalue weighted by molar-refractivity contribution is -0.143. The molecule has 0 fully saturated rings. The minimum Gasteiger partial charge on any atom is -0.508 e. The number of hydrogen-bond acceptors (Lipinski definition) is 7.